The normalized spacial score (nSPS) is 9.50. The van der Waals surface area contributed by atoms with Crippen LogP contribution in [0, 0.1) is 5.75 Å². The molecule has 0 amide bonds. The number of aliphatic hydroxyl groups excluding tert-OH is 1. The molecule has 0 aromatic heterocycles. The maximum absolute atomic E-state index is 9.98. The molecule has 0 aliphatic carbocycles. The number of hydrogen-bond acceptors (Lipinski definition) is 2. The van der Waals surface area contributed by atoms with E-state index >= 15 is 0 Å². The second kappa shape index (κ2) is 7.23. The Morgan fingerprint density at radius 2 is 2.10 bits per heavy atom. The Bertz CT molecular complexity index is 175. The third-order valence-corrected chi connectivity index (χ3v) is 1.59. The average molecular weight is 187 g/mol. The summed E-state index contributed by atoms with van der Waals surface area (Å²) in [5.74, 6) is 2.62. The number of likely N-dealkylation sites (N-methyl/N-ethyl adjacent to an activating group) is 1. The summed E-state index contributed by atoms with van der Waals surface area (Å²) in [5.41, 5.74) is 0. The molecule has 0 fully saturated rings. The van der Waals surface area contributed by atoms with Crippen molar-refractivity contribution in [3.05, 3.63) is 0 Å². The Hall–Kier alpha value is 1.57. The van der Waals surface area contributed by atoms with Gasteiger partial charge in [0.15, 0.2) is 0 Å². The van der Waals surface area contributed by atoms with Crippen LogP contribution < -0.4 is 51.4 Å². The minimum atomic E-state index is -0.105. The van der Waals surface area contributed by atoms with E-state index in [1.807, 2.05) is 14.1 Å². The van der Waals surface area contributed by atoms with E-state index in [0.29, 0.717) is 11.0 Å². The van der Waals surface area contributed by atoms with E-state index in [-0.39, 0.29) is 65.9 Å². The maximum atomic E-state index is 9.98. The van der Waals surface area contributed by atoms with Crippen molar-refractivity contribution >= 4 is 7.92 Å². The zero-order chi connectivity index (χ0) is 7.33. The fourth-order valence-electron chi connectivity index (χ4n) is 0.411. The quantitative estimate of drug-likeness (QED) is 0.289. The van der Waals surface area contributed by atoms with Gasteiger partial charge >= 0.3 is 106 Å². The Labute approximate surface area is 105 Å². The van der Waals surface area contributed by atoms with Crippen molar-refractivity contribution in [2.24, 2.45) is 0 Å². The zero-order valence-corrected chi connectivity index (χ0v) is 10.7. The molecule has 0 atom stereocenters. The van der Waals surface area contributed by atoms with E-state index in [9.17, 15) is 4.57 Å². The number of aliphatic hydroxyl groups is 1. The van der Waals surface area contributed by atoms with Crippen LogP contribution in [-0.2, 0) is 4.57 Å². The molecule has 0 spiro atoms. The van der Waals surface area contributed by atoms with Gasteiger partial charge in [-0.1, -0.05) is 0 Å². The molecule has 0 aromatic carbocycles. The fraction of sp³-hybridized carbons (Fsp3) is 0.800. The molecule has 0 aromatic rings. The van der Waals surface area contributed by atoms with E-state index in [4.69, 9.17) is 5.11 Å². The van der Waals surface area contributed by atoms with Crippen molar-refractivity contribution < 1.29 is 65.5 Å². The van der Waals surface area contributed by atoms with Gasteiger partial charge in [0.2, 0.25) is 0 Å². The molecule has 3 nitrogen and oxygen atoms in total. The van der Waals surface area contributed by atoms with Gasteiger partial charge in [0.05, 0.1) is 0 Å². The molecule has 0 saturated heterocycles. The molecule has 0 aliphatic rings. The second-order valence-corrected chi connectivity index (χ2v) is 2.71. The minimum Gasteiger partial charge on any atom is 1.00 e. The standard InChI is InChI=1S/C5H11NO2P.K/c1-6(2,3-4-7)5-9-8;/h7H,3-4H2,1-2H3;/q2*+1. The Morgan fingerprint density at radius 3 is 2.40 bits per heavy atom. The summed E-state index contributed by atoms with van der Waals surface area (Å²) in [5, 5.41) is 8.47. The van der Waals surface area contributed by atoms with Crippen LogP contribution in [0.3, 0.4) is 0 Å². The van der Waals surface area contributed by atoms with Gasteiger partial charge in [-0.2, -0.15) is 0 Å². The average Bonchev–Trinajstić information content (AvgIpc) is 1.64. The van der Waals surface area contributed by atoms with E-state index in [1.165, 1.54) is 0 Å². The number of nitrogens with zero attached hydrogens (tertiary/aromatic N) is 1. The summed E-state index contributed by atoms with van der Waals surface area (Å²) in [4.78, 5) is 0. The van der Waals surface area contributed by atoms with Crippen molar-refractivity contribution in [3.8, 4) is 5.75 Å². The smallest absolute Gasteiger partial charge is 1.00 e. The predicted molar refractivity (Wildman–Crippen MR) is 35.6 cm³/mol. The molecular formula is C5H11KNO2P+2. The SMILES string of the molecule is C[N+](C)(C#P=O)CCO.[K+]. The third kappa shape index (κ3) is 7.67. The molecule has 0 aliphatic heterocycles. The predicted octanol–water partition coefficient (Wildman–Crippen LogP) is -2.73. The van der Waals surface area contributed by atoms with E-state index in [2.05, 4.69) is 5.75 Å². The fourth-order valence-corrected chi connectivity index (χ4v) is 0.732. The van der Waals surface area contributed by atoms with Crippen LogP contribution in [0.25, 0.3) is 0 Å². The van der Waals surface area contributed by atoms with Crippen molar-refractivity contribution in [2.45, 2.75) is 0 Å². The van der Waals surface area contributed by atoms with Crippen LogP contribution in [0.2, 0.25) is 0 Å². The van der Waals surface area contributed by atoms with E-state index in [1.54, 1.807) is 0 Å². The first-order valence-corrected chi connectivity index (χ1v) is 3.47. The molecule has 1 N–H and O–H groups in total. The molecule has 0 heterocycles. The Morgan fingerprint density at radius 1 is 1.60 bits per heavy atom. The van der Waals surface area contributed by atoms with Gasteiger partial charge < -0.3 is 0 Å². The van der Waals surface area contributed by atoms with E-state index in [0.717, 1.165) is 0 Å². The minimum absolute atomic E-state index is 0. The molecule has 0 rings (SSSR count). The Balaban J connectivity index is 0. The molecule has 52 valence electrons. The molecule has 5 heteroatoms. The first-order chi connectivity index (χ1) is 4.12. The number of quaternary nitrogens is 1. The van der Waals surface area contributed by atoms with Crippen LogP contribution in [0.4, 0.5) is 0 Å². The summed E-state index contributed by atoms with van der Waals surface area (Å²) in [6.07, 6.45) is 0. The summed E-state index contributed by atoms with van der Waals surface area (Å²) in [6.45, 7) is 0.644. The van der Waals surface area contributed by atoms with Gasteiger partial charge in [-0.05, 0) is 0 Å². The van der Waals surface area contributed by atoms with Crippen molar-refractivity contribution in [1.82, 2.24) is 0 Å². The molecule has 0 unspecified atom stereocenters. The largest absolute Gasteiger partial charge is 1.00 e. The monoisotopic (exact) mass is 187 g/mol. The van der Waals surface area contributed by atoms with Gasteiger partial charge in [0, 0.05) is 0 Å². The van der Waals surface area contributed by atoms with Crippen LogP contribution in [0.15, 0.2) is 0 Å². The molecular weight excluding hydrogens is 176 g/mol. The van der Waals surface area contributed by atoms with Crippen molar-refractivity contribution in [2.75, 3.05) is 27.2 Å². The maximum Gasteiger partial charge on any atom is 1.00 e. The van der Waals surface area contributed by atoms with Crippen LogP contribution in [-0.4, -0.2) is 36.8 Å². The van der Waals surface area contributed by atoms with Gasteiger partial charge in [-0.15, -0.1) is 0 Å². The summed E-state index contributed by atoms with van der Waals surface area (Å²) < 4.78 is 10.3. The van der Waals surface area contributed by atoms with Crippen molar-refractivity contribution in [3.63, 3.8) is 0 Å². The molecule has 0 saturated carbocycles. The first-order valence-electron chi connectivity index (χ1n) is 2.66. The molecule has 0 bridgehead atoms. The topological polar surface area (TPSA) is 37.3 Å². The van der Waals surface area contributed by atoms with Gasteiger partial charge in [-0.3, -0.25) is 0 Å². The zero-order valence-electron chi connectivity index (χ0n) is 6.66. The summed E-state index contributed by atoms with van der Waals surface area (Å²) >= 11 is 0. The van der Waals surface area contributed by atoms with Gasteiger partial charge in [0.25, 0.3) is 0 Å². The summed E-state index contributed by atoms with van der Waals surface area (Å²) in [6, 6.07) is 0. The Kier molecular flexibility index (Phi) is 10.2. The van der Waals surface area contributed by atoms with Crippen molar-refractivity contribution in [1.29, 1.82) is 0 Å². The number of rotatable bonds is 2. The van der Waals surface area contributed by atoms with Gasteiger partial charge in [0.1, 0.15) is 0 Å². The van der Waals surface area contributed by atoms with Crippen LogP contribution in [0.1, 0.15) is 0 Å². The molecule has 0 radical (unpaired) electrons. The summed E-state index contributed by atoms with van der Waals surface area (Å²) in [7, 11) is 3.54. The molecule has 10 heavy (non-hydrogen) atoms. The second-order valence-electron chi connectivity index (χ2n) is 2.32. The first kappa shape index (κ1) is 14.1. The van der Waals surface area contributed by atoms with Crippen LogP contribution in [0.5, 0.6) is 0 Å². The van der Waals surface area contributed by atoms with Crippen LogP contribution >= 0.6 is 7.92 Å². The third-order valence-electron chi connectivity index (χ3n) is 0.971. The number of hydrogen-bond donors (Lipinski definition) is 1. The van der Waals surface area contributed by atoms with E-state index < -0.39 is 0 Å². The van der Waals surface area contributed by atoms with Gasteiger partial charge in [-0.25, -0.2) is 0 Å².